The number of hydrogen-bond donors (Lipinski definition) is 4. The standard InChI is InChI=1S/C27H26N2O6/c30-20-11-12-21(24(32)16-20)23(31)13-14-25(33)29-22(15-18-7-3-1-4-8-18)26(34)27(35)28-17-19-9-5-2-6-10-19/h1-12,16,22,30,32H,13-15,17H2,(H,28,35)(H,29,33)/t22-/m0/s1. The second-order valence-corrected chi connectivity index (χ2v) is 7.97. The second-order valence-electron chi connectivity index (χ2n) is 7.97. The molecule has 0 radical (unpaired) electrons. The van der Waals surface area contributed by atoms with Crippen LogP contribution in [0.25, 0.3) is 0 Å². The summed E-state index contributed by atoms with van der Waals surface area (Å²) in [4.78, 5) is 50.4. The van der Waals surface area contributed by atoms with Crippen molar-refractivity contribution < 1.29 is 29.4 Å². The molecule has 1 atom stereocenters. The van der Waals surface area contributed by atoms with Crippen molar-refractivity contribution in [2.75, 3.05) is 0 Å². The Balaban J connectivity index is 1.63. The fourth-order valence-electron chi connectivity index (χ4n) is 3.47. The molecule has 3 rings (SSSR count). The molecule has 0 aromatic heterocycles. The number of Topliss-reactive ketones (excluding diaryl/α,β-unsaturated/α-hetero) is 2. The van der Waals surface area contributed by atoms with Crippen LogP contribution in [0.3, 0.4) is 0 Å². The van der Waals surface area contributed by atoms with E-state index in [1.807, 2.05) is 36.4 Å². The number of phenols is 2. The van der Waals surface area contributed by atoms with Gasteiger partial charge in [0.05, 0.1) is 5.56 Å². The summed E-state index contributed by atoms with van der Waals surface area (Å²) in [7, 11) is 0. The number of ketones is 2. The van der Waals surface area contributed by atoms with Crippen molar-refractivity contribution in [3.05, 3.63) is 95.6 Å². The van der Waals surface area contributed by atoms with E-state index in [0.717, 1.165) is 17.2 Å². The van der Waals surface area contributed by atoms with Crippen LogP contribution in [0.4, 0.5) is 0 Å². The van der Waals surface area contributed by atoms with Gasteiger partial charge < -0.3 is 20.8 Å². The lowest BCUT2D eigenvalue weighted by molar-refractivity contribution is -0.140. The number of hydrogen-bond acceptors (Lipinski definition) is 6. The van der Waals surface area contributed by atoms with Crippen LogP contribution < -0.4 is 10.6 Å². The van der Waals surface area contributed by atoms with Crippen LogP contribution in [0.2, 0.25) is 0 Å². The third-order valence-electron chi connectivity index (χ3n) is 5.31. The van der Waals surface area contributed by atoms with E-state index in [0.29, 0.717) is 0 Å². The highest BCUT2D eigenvalue weighted by Crippen LogP contribution is 2.24. The van der Waals surface area contributed by atoms with Crippen LogP contribution in [0.1, 0.15) is 34.3 Å². The van der Waals surface area contributed by atoms with E-state index in [1.54, 1.807) is 24.3 Å². The molecule has 0 spiro atoms. The fourth-order valence-corrected chi connectivity index (χ4v) is 3.47. The number of nitrogens with one attached hydrogen (secondary N) is 2. The maximum absolute atomic E-state index is 12.9. The maximum atomic E-state index is 12.9. The van der Waals surface area contributed by atoms with Gasteiger partial charge in [-0.2, -0.15) is 0 Å². The van der Waals surface area contributed by atoms with Gasteiger partial charge in [0, 0.05) is 31.9 Å². The minimum atomic E-state index is -1.11. The molecule has 3 aromatic rings. The zero-order valence-electron chi connectivity index (χ0n) is 18.9. The highest BCUT2D eigenvalue weighted by Gasteiger charge is 2.27. The van der Waals surface area contributed by atoms with Gasteiger partial charge in [-0.25, -0.2) is 0 Å². The highest BCUT2D eigenvalue weighted by molar-refractivity contribution is 6.38. The summed E-state index contributed by atoms with van der Waals surface area (Å²) in [5, 5.41) is 24.3. The van der Waals surface area contributed by atoms with Crippen LogP contribution >= 0.6 is 0 Å². The van der Waals surface area contributed by atoms with Crippen molar-refractivity contribution in [2.45, 2.75) is 31.8 Å². The molecule has 0 aliphatic heterocycles. The molecule has 8 nitrogen and oxygen atoms in total. The summed E-state index contributed by atoms with van der Waals surface area (Å²) in [6.45, 7) is 0.169. The van der Waals surface area contributed by atoms with Crippen molar-refractivity contribution in [1.29, 1.82) is 0 Å². The Kier molecular flexibility index (Phi) is 8.72. The van der Waals surface area contributed by atoms with Gasteiger partial charge in [0.25, 0.3) is 5.91 Å². The van der Waals surface area contributed by atoms with Gasteiger partial charge >= 0.3 is 0 Å². The van der Waals surface area contributed by atoms with E-state index >= 15 is 0 Å². The second kappa shape index (κ2) is 12.1. The predicted molar refractivity (Wildman–Crippen MR) is 129 cm³/mol. The predicted octanol–water partition coefficient (Wildman–Crippen LogP) is 2.67. The number of rotatable bonds is 11. The fraction of sp³-hybridized carbons (Fsp3) is 0.185. The first kappa shape index (κ1) is 25.2. The molecule has 180 valence electrons. The molecule has 0 saturated heterocycles. The van der Waals surface area contributed by atoms with Gasteiger partial charge in [-0.15, -0.1) is 0 Å². The lowest BCUT2D eigenvalue weighted by Gasteiger charge is -2.18. The Labute approximate surface area is 202 Å². The Bertz CT molecular complexity index is 1190. The minimum Gasteiger partial charge on any atom is -0.508 e. The van der Waals surface area contributed by atoms with Gasteiger partial charge in [0.1, 0.15) is 17.5 Å². The summed E-state index contributed by atoms with van der Waals surface area (Å²) in [5.41, 5.74) is 1.56. The number of carbonyl (C=O) groups excluding carboxylic acids is 4. The number of benzene rings is 3. The maximum Gasteiger partial charge on any atom is 0.289 e. The largest absolute Gasteiger partial charge is 0.508 e. The Morgan fingerprint density at radius 3 is 2.03 bits per heavy atom. The number of phenolic OH excluding ortho intramolecular Hbond substituents is 2. The first-order valence-electron chi connectivity index (χ1n) is 11.1. The highest BCUT2D eigenvalue weighted by atomic mass is 16.3. The Morgan fingerprint density at radius 2 is 1.40 bits per heavy atom. The molecule has 0 aliphatic carbocycles. The molecule has 4 N–H and O–H groups in total. The van der Waals surface area contributed by atoms with Gasteiger partial charge in [0.2, 0.25) is 11.7 Å². The van der Waals surface area contributed by atoms with Crippen LogP contribution in [0.5, 0.6) is 11.5 Å². The number of amides is 2. The first-order valence-corrected chi connectivity index (χ1v) is 11.1. The van der Waals surface area contributed by atoms with Crippen LogP contribution in [-0.2, 0) is 27.3 Å². The summed E-state index contributed by atoms with van der Waals surface area (Å²) in [5.74, 6) is -3.26. The molecule has 2 amide bonds. The zero-order chi connectivity index (χ0) is 25.2. The van der Waals surface area contributed by atoms with Crippen molar-refractivity contribution in [2.24, 2.45) is 0 Å². The van der Waals surface area contributed by atoms with E-state index in [2.05, 4.69) is 10.6 Å². The van der Waals surface area contributed by atoms with Crippen LogP contribution in [-0.4, -0.2) is 39.6 Å². The molecule has 3 aromatic carbocycles. The number of aromatic hydroxyl groups is 2. The molecule has 8 heteroatoms. The molecule has 0 bridgehead atoms. The monoisotopic (exact) mass is 474 g/mol. The number of carbonyl (C=O) groups is 4. The minimum absolute atomic E-state index is 0.0206. The molecule has 0 fully saturated rings. The Morgan fingerprint density at radius 1 is 0.771 bits per heavy atom. The molecule has 35 heavy (non-hydrogen) atoms. The molecule has 0 aliphatic rings. The van der Waals surface area contributed by atoms with Crippen molar-refractivity contribution in [1.82, 2.24) is 10.6 Å². The SMILES string of the molecule is O=C(CCC(=O)c1ccc(O)cc1O)N[C@@H](Cc1ccccc1)C(=O)C(=O)NCc1ccccc1. The molecule has 0 saturated carbocycles. The van der Waals surface area contributed by atoms with Gasteiger partial charge in [-0.1, -0.05) is 60.7 Å². The summed E-state index contributed by atoms with van der Waals surface area (Å²) < 4.78 is 0. The third kappa shape index (κ3) is 7.53. The third-order valence-corrected chi connectivity index (χ3v) is 5.31. The summed E-state index contributed by atoms with van der Waals surface area (Å²) in [6, 6.07) is 20.5. The van der Waals surface area contributed by atoms with E-state index < -0.39 is 29.4 Å². The van der Waals surface area contributed by atoms with Crippen molar-refractivity contribution >= 4 is 23.4 Å². The zero-order valence-corrected chi connectivity index (χ0v) is 18.9. The van der Waals surface area contributed by atoms with Crippen LogP contribution in [0.15, 0.2) is 78.9 Å². The van der Waals surface area contributed by atoms with Crippen molar-refractivity contribution in [3.63, 3.8) is 0 Å². The van der Waals surface area contributed by atoms with Gasteiger partial charge in [-0.3, -0.25) is 19.2 Å². The topological polar surface area (TPSA) is 133 Å². The van der Waals surface area contributed by atoms with Crippen molar-refractivity contribution in [3.8, 4) is 11.5 Å². The van der Waals surface area contributed by atoms with Gasteiger partial charge in [-0.05, 0) is 23.3 Å². The van der Waals surface area contributed by atoms with Gasteiger partial charge in [0.15, 0.2) is 5.78 Å². The quantitative estimate of drug-likeness (QED) is 0.250. The van der Waals surface area contributed by atoms with E-state index in [1.165, 1.54) is 12.1 Å². The normalized spacial score (nSPS) is 11.3. The lowest BCUT2D eigenvalue weighted by Crippen LogP contribution is -2.48. The Hall–Kier alpha value is -4.46. The van der Waals surface area contributed by atoms with E-state index in [-0.39, 0.29) is 42.9 Å². The lowest BCUT2D eigenvalue weighted by atomic mass is 10.0. The molecule has 0 unspecified atom stereocenters. The summed E-state index contributed by atoms with van der Waals surface area (Å²) >= 11 is 0. The molecule has 0 heterocycles. The average Bonchev–Trinajstić information content (AvgIpc) is 2.86. The molecular formula is C27H26N2O6. The summed E-state index contributed by atoms with van der Waals surface area (Å²) in [6.07, 6.45) is -0.364. The van der Waals surface area contributed by atoms with E-state index in [9.17, 15) is 29.4 Å². The van der Waals surface area contributed by atoms with Crippen LogP contribution in [0, 0.1) is 0 Å². The van der Waals surface area contributed by atoms with E-state index in [4.69, 9.17) is 0 Å². The smallest absolute Gasteiger partial charge is 0.289 e. The first-order chi connectivity index (χ1) is 16.8. The average molecular weight is 475 g/mol. The molecular weight excluding hydrogens is 448 g/mol.